The van der Waals surface area contributed by atoms with Gasteiger partial charge in [-0.1, -0.05) is 16.9 Å². The van der Waals surface area contributed by atoms with E-state index in [9.17, 15) is 4.79 Å². The van der Waals surface area contributed by atoms with Crippen LogP contribution in [0.25, 0.3) is 10.2 Å². The summed E-state index contributed by atoms with van der Waals surface area (Å²) in [5.74, 6) is 2.52. The standard InChI is InChI=1S/C20H21N5O2S2/c1-12-16(13(2)27-24-12)11-28-20-23-17-5-4-15(10-18(17)29-20)22-19(26)6-8-25-9-7-21-14(25)3/h4-5,7,9-10H,6,8,11H2,1-3H3,(H,22,26). The van der Waals surface area contributed by atoms with E-state index >= 15 is 0 Å². The SMILES string of the molecule is Cc1noc(C)c1CSc1nc2ccc(NC(=O)CCn3ccnc3C)cc2s1. The quantitative estimate of drug-likeness (QED) is 0.429. The monoisotopic (exact) mass is 427 g/mol. The smallest absolute Gasteiger partial charge is 0.226 e. The molecule has 3 heterocycles. The molecule has 1 amide bonds. The van der Waals surface area contributed by atoms with Crippen LogP contribution >= 0.6 is 23.1 Å². The molecule has 0 bridgehead atoms. The molecular weight excluding hydrogens is 406 g/mol. The van der Waals surface area contributed by atoms with E-state index in [1.165, 1.54) is 0 Å². The van der Waals surface area contributed by atoms with Crippen LogP contribution in [0.4, 0.5) is 5.69 Å². The van der Waals surface area contributed by atoms with E-state index in [0.29, 0.717) is 13.0 Å². The van der Waals surface area contributed by atoms with Gasteiger partial charge in [0.25, 0.3) is 0 Å². The van der Waals surface area contributed by atoms with E-state index in [4.69, 9.17) is 4.52 Å². The van der Waals surface area contributed by atoms with Crippen molar-refractivity contribution < 1.29 is 9.32 Å². The first-order valence-electron chi connectivity index (χ1n) is 9.22. The van der Waals surface area contributed by atoms with Crippen LogP contribution in [0.1, 0.15) is 29.3 Å². The van der Waals surface area contributed by atoms with Crippen LogP contribution in [0.15, 0.2) is 39.5 Å². The van der Waals surface area contributed by atoms with Crippen LogP contribution in [0.2, 0.25) is 0 Å². The summed E-state index contributed by atoms with van der Waals surface area (Å²) in [5, 5.41) is 6.97. The van der Waals surface area contributed by atoms with Gasteiger partial charge in [-0.25, -0.2) is 9.97 Å². The first-order chi connectivity index (χ1) is 14.0. The second kappa shape index (κ2) is 8.38. The third-order valence-corrected chi connectivity index (χ3v) is 6.86. The zero-order chi connectivity index (χ0) is 20.4. The van der Waals surface area contributed by atoms with Gasteiger partial charge in [0.05, 0.1) is 15.9 Å². The Kier molecular flexibility index (Phi) is 5.68. The predicted octanol–water partition coefficient (Wildman–Crippen LogP) is 4.73. The largest absolute Gasteiger partial charge is 0.361 e. The third kappa shape index (κ3) is 4.51. The fourth-order valence-electron chi connectivity index (χ4n) is 2.97. The van der Waals surface area contributed by atoms with Crippen molar-refractivity contribution in [3.8, 4) is 0 Å². The molecule has 0 unspecified atom stereocenters. The summed E-state index contributed by atoms with van der Waals surface area (Å²) in [5.41, 5.74) is 3.77. The Balaban J connectivity index is 1.38. The first-order valence-corrected chi connectivity index (χ1v) is 11.0. The molecule has 0 fully saturated rings. The Morgan fingerprint density at radius 1 is 1.31 bits per heavy atom. The second-order valence-corrected chi connectivity index (χ2v) is 8.97. The minimum absolute atomic E-state index is 0.0185. The van der Waals surface area contributed by atoms with Gasteiger partial charge in [0.1, 0.15) is 11.6 Å². The van der Waals surface area contributed by atoms with Crippen LogP contribution in [-0.2, 0) is 17.1 Å². The lowest BCUT2D eigenvalue weighted by Crippen LogP contribution is -2.14. The van der Waals surface area contributed by atoms with E-state index in [0.717, 1.165) is 48.8 Å². The van der Waals surface area contributed by atoms with Crippen molar-refractivity contribution in [2.45, 2.75) is 43.8 Å². The predicted molar refractivity (Wildman–Crippen MR) is 115 cm³/mol. The molecule has 1 N–H and O–H groups in total. The van der Waals surface area contributed by atoms with Crippen molar-refractivity contribution in [3.05, 3.63) is 53.4 Å². The lowest BCUT2D eigenvalue weighted by Gasteiger charge is -2.07. The van der Waals surface area contributed by atoms with Crippen LogP contribution in [0, 0.1) is 20.8 Å². The van der Waals surface area contributed by atoms with E-state index in [-0.39, 0.29) is 5.91 Å². The minimum Gasteiger partial charge on any atom is -0.361 e. The summed E-state index contributed by atoms with van der Waals surface area (Å²) < 4.78 is 9.22. The number of hydrogen-bond acceptors (Lipinski definition) is 7. The van der Waals surface area contributed by atoms with Gasteiger partial charge >= 0.3 is 0 Å². The summed E-state index contributed by atoms with van der Waals surface area (Å²) >= 11 is 3.29. The fraction of sp³-hybridized carbons (Fsp3) is 0.300. The molecule has 0 saturated heterocycles. The number of thioether (sulfide) groups is 1. The van der Waals surface area contributed by atoms with Crippen LogP contribution < -0.4 is 5.32 Å². The highest BCUT2D eigenvalue weighted by Crippen LogP contribution is 2.34. The molecule has 29 heavy (non-hydrogen) atoms. The first kappa shape index (κ1) is 19.7. The van der Waals surface area contributed by atoms with Crippen molar-refractivity contribution in [3.63, 3.8) is 0 Å². The Morgan fingerprint density at radius 3 is 2.90 bits per heavy atom. The third-order valence-electron chi connectivity index (χ3n) is 4.68. The number of amides is 1. The Labute approximate surface area is 176 Å². The molecule has 0 atom stereocenters. The van der Waals surface area contributed by atoms with Gasteiger partial charge < -0.3 is 14.4 Å². The summed E-state index contributed by atoms with van der Waals surface area (Å²) in [6, 6.07) is 5.82. The number of benzene rings is 1. The number of anilines is 1. The van der Waals surface area contributed by atoms with Gasteiger partial charge in [-0.3, -0.25) is 4.79 Å². The molecule has 3 aromatic heterocycles. The zero-order valence-corrected chi connectivity index (χ0v) is 18.1. The average molecular weight is 428 g/mol. The number of fused-ring (bicyclic) bond motifs is 1. The lowest BCUT2D eigenvalue weighted by atomic mass is 10.2. The molecule has 0 aliphatic heterocycles. The summed E-state index contributed by atoms with van der Waals surface area (Å²) in [6.45, 7) is 6.42. The number of rotatable bonds is 7. The molecule has 9 heteroatoms. The lowest BCUT2D eigenvalue weighted by molar-refractivity contribution is -0.116. The summed E-state index contributed by atoms with van der Waals surface area (Å²) in [7, 11) is 0. The number of imidazole rings is 1. The summed E-state index contributed by atoms with van der Waals surface area (Å²) in [4.78, 5) is 21.1. The number of carbonyl (C=O) groups is 1. The fourth-order valence-corrected chi connectivity index (χ4v) is 5.23. The highest BCUT2D eigenvalue weighted by molar-refractivity contribution is 8.00. The van der Waals surface area contributed by atoms with Crippen molar-refractivity contribution in [2.75, 3.05) is 5.32 Å². The van der Waals surface area contributed by atoms with Crippen molar-refractivity contribution in [2.24, 2.45) is 0 Å². The van der Waals surface area contributed by atoms with E-state index in [1.807, 2.05) is 49.7 Å². The molecule has 7 nitrogen and oxygen atoms in total. The maximum absolute atomic E-state index is 12.3. The molecule has 0 aliphatic rings. The van der Waals surface area contributed by atoms with Gasteiger partial charge in [-0.2, -0.15) is 0 Å². The highest BCUT2D eigenvalue weighted by Gasteiger charge is 2.12. The van der Waals surface area contributed by atoms with Gasteiger partial charge in [0.15, 0.2) is 4.34 Å². The molecular formula is C20H21N5O2S2. The van der Waals surface area contributed by atoms with Crippen LogP contribution in [0.3, 0.4) is 0 Å². The molecule has 1 aromatic carbocycles. The van der Waals surface area contributed by atoms with Gasteiger partial charge in [-0.05, 0) is 39.0 Å². The molecule has 0 saturated carbocycles. The molecule has 0 spiro atoms. The number of nitrogens with zero attached hydrogens (tertiary/aromatic N) is 4. The minimum atomic E-state index is -0.0185. The topological polar surface area (TPSA) is 85.8 Å². The number of carbonyl (C=O) groups excluding carboxylic acids is 1. The molecule has 4 aromatic rings. The van der Waals surface area contributed by atoms with E-state index in [2.05, 4.69) is 20.4 Å². The number of nitrogens with one attached hydrogen (secondary N) is 1. The normalized spacial score (nSPS) is 11.3. The maximum Gasteiger partial charge on any atom is 0.226 e. The number of aromatic nitrogens is 4. The highest BCUT2D eigenvalue weighted by atomic mass is 32.2. The Bertz CT molecular complexity index is 1140. The number of thiazole rings is 1. The molecule has 150 valence electrons. The number of hydrogen-bond donors (Lipinski definition) is 1. The van der Waals surface area contributed by atoms with Gasteiger partial charge in [0, 0.05) is 42.4 Å². The molecule has 0 radical (unpaired) electrons. The molecule has 0 aliphatic carbocycles. The average Bonchev–Trinajstić information content (AvgIpc) is 3.37. The summed E-state index contributed by atoms with van der Waals surface area (Å²) in [6.07, 6.45) is 4.02. The van der Waals surface area contributed by atoms with Crippen molar-refractivity contribution in [1.82, 2.24) is 19.7 Å². The Hall–Kier alpha value is -2.65. The van der Waals surface area contributed by atoms with E-state index in [1.54, 1.807) is 29.3 Å². The molecule has 4 rings (SSSR count). The Morgan fingerprint density at radius 2 is 2.17 bits per heavy atom. The van der Waals surface area contributed by atoms with Gasteiger partial charge in [-0.15, -0.1) is 11.3 Å². The maximum atomic E-state index is 12.3. The van der Waals surface area contributed by atoms with E-state index < -0.39 is 0 Å². The van der Waals surface area contributed by atoms with Crippen molar-refractivity contribution in [1.29, 1.82) is 0 Å². The second-order valence-electron chi connectivity index (χ2n) is 6.72. The van der Waals surface area contributed by atoms with Gasteiger partial charge in [0.2, 0.25) is 5.91 Å². The zero-order valence-electron chi connectivity index (χ0n) is 16.4. The van der Waals surface area contributed by atoms with Crippen LogP contribution in [0.5, 0.6) is 0 Å². The van der Waals surface area contributed by atoms with Crippen molar-refractivity contribution >= 4 is 44.9 Å². The number of aryl methyl sites for hydroxylation is 4. The van der Waals surface area contributed by atoms with Crippen LogP contribution in [-0.4, -0.2) is 25.6 Å².